The van der Waals surface area contributed by atoms with Gasteiger partial charge in [0, 0.05) is 13.1 Å². The van der Waals surface area contributed by atoms with Crippen LogP contribution < -0.4 is 0 Å². The molecule has 4 aromatic rings. The van der Waals surface area contributed by atoms with Crippen molar-refractivity contribution in [2.24, 2.45) is 0 Å². The van der Waals surface area contributed by atoms with Gasteiger partial charge in [-0.25, -0.2) is 0 Å². The number of nitrogens with zero attached hydrogens (tertiary/aromatic N) is 3. The molecule has 0 aliphatic rings. The molecule has 1 atom stereocenters. The summed E-state index contributed by atoms with van der Waals surface area (Å²) in [6.45, 7) is 4.76. The fraction of sp³-hybridized carbons (Fsp3) is 0.208. The molecule has 7 heteroatoms. The van der Waals surface area contributed by atoms with Crippen molar-refractivity contribution in [2.45, 2.75) is 37.4 Å². The summed E-state index contributed by atoms with van der Waals surface area (Å²) < 4.78 is 11.1. The fourth-order valence-electron chi connectivity index (χ4n) is 3.25. The largest absolute Gasteiger partial charge is 0.469 e. The molecule has 0 bridgehead atoms. The molecule has 2 heterocycles. The van der Waals surface area contributed by atoms with Gasteiger partial charge in [-0.3, -0.25) is 4.79 Å². The lowest BCUT2D eigenvalue weighted by molar-refractivity contribution is -0.131. The lowest BCUT2D eigenvalue weighted by Gasteiger charge is -2.25. The number of amides is 1. The molecule has 0 N–H and O–H groups in total. The first-order valence-corrected chi connectivity index (χ1v) is 10.9. The van der Waals surface area contributed by atoms with Crippen LogP contribution in [0.5, 0.6) is 0 Å². The second-order valence-electron chi connectivity index (χ2n) is 7.19. The summed E-state index contributed by atoms with van der Waals surface area (Å²) in [5, 5.41) is 8.16. The van der Waals surface area contributed by atoms with Crippen LogP contribution in [0.3, 0.4) is 0 Å². The van der Waals surface area contributed by atoms with Crippen molar-refractivity contribution in [2.75, 3.05) is 0 Å². The van der Waals surface area contributed by atoms with E-state index in [-0.39, 0.29) is 11.2 Å². The van der Waals surface area contributed by atoms with Gasteiger partial charge in [-0.2, -0.15) is 0 Å². The molecule has 0 fully saturated rings. The van der Waals surface area contributed by atoms with Crippen molar-refractivity contribution >= 4 is 17.7 Å². The number of carbonyl (C=O) groups is 1. The van der Waals surface area contributed by atoms with E-state index in [2.05, 4.69) is 10.2 Å². The zero-order valence-corrected chi connectivity index (χ0v) is 18.2. The number of aryl methyl sites for hydroxylation is 1. The molecule has 0 spiro atoms. The highest BCUT2D eigenvalue weighted by molar-refractivity contribution is 8.00. The summed E-state index contributed by atoms with van der Waals surface area (Å²) >= 11 is 1.26. The molecule has 1 unspecified atom stereocenters. The first kappa shape index (κ1) is 20.9. The number of aromatic nitrogens is 2. The van der Waals surface area contributed by atoms with Gasteiger partial charge in [-0.05, 0) is 31.0 Å². The van der Waals surface area contributed by atoms with E-state index < -0.39 is 0 Å². The number of hydrogen-bond donors (Lipinski definition) is 0. The smallest absolute Gasteiger partial charge is 0.277 e. The summed E-state index contributed by atoms with van der Waals surface area (Å²) in [5.41, 5.74) is 2.92. The van der Waals surface area contributed by atoms with E-state index in [0.29, 0.717) is 30.0 Å². The van der Waals surface area contributed by atoms with E-state index >= 15 is 0 Å². The summed E-state index contributed by atoms with van der Waals surface area (Å²) in [5.74, 6) is 1.11. The van der Waals surface area contributed by atoms with Gasteiger partial charge in [0.05, 0.1) is 17.1 Å². The number of hydrogen-bond acceptors (Lipinski definition) is 6. The zero-order valence-electron chi connectivity index (χ0n) is 17.4. The van der Waals surface area contributed by atoms with Crippen LogP contribution in [0, 0.1) is 6.92 Å². The van der Waals surface area contributed by atoms with Crippen LogP contribution in [-0.2, 0) is 17.9 Å². The summed E-state index contributed by atoms with van der Waals surface area (Å²) in [6.07, 6.45) is 1.58. The predicted octanol–water partition coefficient (Wildman–Crippen LogP) is 5.35. The topological polar surface area (TPSA) is 72.4 Å². The molecule has 4 rings (SSSR count). The summed E-state index contributed by atoms with van der Waals surface area (Å²) in [6, 6.07) is 21.8. The maximum atomic E-state index is 13.3. The third kappa shape index (κ3) is 5.24. The lowest BCUT2D eigenvalue weighted by atomic mass is 10.1. The third-order valence-electron chi connectivity index (χ3n) is 4.87. The highest BCUT2D eigenvalue weighted by atomic mass is 32.2. The van der Waals surface area contributed by atoms with Crippen molar-refractivity contribution in [1.82, 2.24) is 15.1 Å². The van der Waals surface area contributed by atoms with E-state index in [1.54, 1.807) is 12.3 Å². The van der Waals surface area contributed by atoms with E-state index in [9.17, 15) is 4.79 Å². The Labute approximate surface area is 185 Å². The van der Waals surface area contributed by atoms with E-state index in [1.165, 1.54) is 11.8 Å². The van der Waals surface area contributed by atoms with E-state index in [1.807, 2.05) is 79.4 Å². The Morgan fingerprint density at radius 1 is 0.968 bits per heavy atom. The molecule has 0 saturated carbocycles. The van der Waals surface area contributed by atoms with Crippen LogP contribution >= 0.6 is 11.8 Å². The molecule has 0 radical (unpaired) electrons. The molecule has 0 aliphatic carbocycles. The van der Waals surface area contributed by atoms with Crippen LogP contribution in [0.1, 0.15) is 23.8 Å². The van der Waals surface area contributed by atoms with Gasteiger partial charge < -0.3 is 13.7 Å². The number of thioether (sulfide) groups is 1. The van der Waals surface area contributed by atoms with Crippen LogP contribution in [0.2, 0.25) is 0 Å². The van der Waals surface area contributed by atoms with Crippen LogP contribution in [0.15, 0.2) is 87.1 Å². The van der Waals surface area contributed by atoms with Gasteiger partial charge in [0.1, 0.15) is 5.76 Å². The van der Waals surface area contributed by atoms with Gasteiger partial charge in [-0.1, -0.05) is 72.4 Å². The SMILES string of the molecule is Cc1occc1-c1nnc(SC(C)C(=O)N(Cc2ccccc2)Cc2ccccc2)o1. The van der Waals surface area contributed by atoms with Crippen molar-refractivity contribution in [1.29, 1.82) is 0 Å². The molecule has 2 aromatic heterocycles. The molecule has 2 aromatic carbocycles. The molecular formula is C24H23N3O3S. The Morgan fingerprint density at radius 3 is 2.13 bits per heavy atom. The molecule has 0 saturated heterocycles. The van der Waals surface area contributed by atoms with Crippen LogP contribution in [0.25, 0.3) is 11.5 Å². The van der Waals surface area contributed by atoms with Gasteiger partial charge >= 0.3 is 0 Å². The van der Waals surface area contributed by atoms with Gasteiger partial charge in [0.25, 0.3) is 11.1 Å². The first-order chi connectivity index (χ1) is 15.1. The predicted molar refractivity (Wildman–Crippen MR) is 119 cm³/mol. The van der Waals surface area contributed by atoms with Crippen LogP contribution in [-0.4, -0.2) is 26.3 Å². The second kappa shape index (κ2) is 9.66. The van der Waals surface area contributed by atoms with E-state index in [4.69, 9.17) is 8.83 Å². The second-order valence-corrected chi connectivity index (χ2v) is 8.48. The molecule has 0 aliphatic heterocycles. The molecule has 31 heavy (non-hydrogen) atoms. The van der Waals surface area contributed by atoms with Crippen LogP contribution in [0.4, 0.5) is 0 Å². The maximum absolute atomic E-state index is 13.3. The third-order valence-corrected chi connectivity index (χ3v) is 5.79. The maximum Gasteiger partial charge on any atom is 0.277 e. The first-order valence-electron chi connectivity index (χ1n) is 10.0. The van der Waals surface area contributed by atoms with Gasteiger partial charge in [-0.15, -0.1) is 10.2 Å². The quantitative estimate of drug-likeness (QED) is 0.349. The summed E-state index contributed by atoms with van der Waals surface area (Å²) in [4.78, 5) is 15.2. The normalized spacial score (nSPS) is 11.9. The monoisotopic (exact) mass is 433 g/mol. The van der Waals surface area contributed by atoms with Gasteiger partial charge in [0.2, 0.25) is 5.91 Å². The Kier molecular flexibility index (Phi) is 6.52. The molecule has 1 amide bonds. The lowest BCUT2D eigenvalue weighted by Crippen LogP contribution is -2.35. The van der Waals surface area contributed by atoms with Crippen molar-refractivity contribution in [3.63, 3.8) is 0 Å². The van der Waals surface area contributed by atoms with E-state index in [0.717, 1.165) is 16.7 Å². The Morgan fingerprint density at radius 2 is 1.58 bits per heavy atom. The minimum absolute atomic E-state index is 0.0111. The number of benzene rings is 2. The Balaban J connectivity index is 1.49. The average molecular weight is 434 g/mol. The Bertz CT molecular complexity index is 1080. The number of carbonyl (C=O) groups excluding carboxylic acids is 1. The van der Waals surface area contributed by atoms with Gasteiger partial charge in [0.15, 0.2) is 0 Å². The summed E-state index contributed by atoms with van der Waals surface area (Å²) in [7, 11) is 0. The van der Waals surface area contributed by atoms with Crippen molar-refractivity contribution < 1.29 is 13.6 Å². The standard InChI is InChI=1S/C24H23N3O3S/c1-17-21(13-14-29-17)22-25-26-24(30-22)31-18(2)23(28)27(15-19-9-5-3-6-10-19)16-20-11-7-4-8-12-20/h3-14,18H,15-16H2,1-2H3. The van der Waals surface area contributed by atoms with Crippen molar-refractivity contribution in [3.8, 4) is 11.5 Å². The highest BCUT2D eigenvalue weighted by Gasteiger charge is 2.25. The minimum atomic E-state index is -0.383. The molecule has 158 valence electrons. The average Bonchev–Trinajstić information content (AvgIpc) is 3.42. The number of furan rings is 1. The molecule has 6 nitrogen and oxygen atoms in total. The zero-order chi connectivity index (χ0) is 21.6. The number of rotatable bonds is 8. The Hall–Kier alpha value is -3.32. The highest BCUT2D eigenvalue weighted by Crippen LogP contribution is 2.29. The fourth-order valence-corrected chi connectivity index (χ4v) is 4.02. The molecular weight excluding hydrogens is 410 g/mol. The van der Waals surface area contributed by atoms with Crippen molar-refractivity contribution in [3.05, 3.63) is 89.9 Å². The minimum Gasteiger partial charge on any atom is -0.469 e.